The molecule has 184 valence electrons. The first-order valence-electron chi connectivity index (χ1n) is 12.6. The van der Waals surface area contributed by atoms with Crippen molar-refractivity contribution < 1.29 is 19.1 Å². The molecule has 1 aliphatic heterocycles. The fourth-order valence-corrected chi connectivity index (χ4v) is 6.12. The molecule has 37 heavy (non-hydrogen) atoms. The fraction of sp³-hybridized carbons (Fsp3) is 0.219. The smallest absolute Gasteiger partial charge is 0.308 e. The first kappa shape index (κ1) is 23.2. The van der Waals surface area contributed by atoms with Crippen LogP contribution in [-0.4, -0.2) is 17.8 Å². The molecule has 2 amide bonds. The van der Waals surface area contributed by atoms with Gasteiger partial charge in [-0.25, -0.2) is 4.90 Å². The Labute approximate surface area is 216 Å². The summed E-state index contributed by atoms with van der Waals surface area (Å²) in [4.78, 5) is 40.0. The highest BCUT2D eigenvalue weighted by Crippen LogP contribution is 2.58. The van der Waals surface area contributed by atoms with Crippen molar-refractivity contribution in [3.05, 3.63) is 113 Å². The van der Waals surface area contributed by atoms with Crippen LogP contribution in [0.5, 0.6) is 5.75 Å². The van der Waals surface area contributed by atoms with Crippen LogP contribution in [0.2, 0.25) is 0 Å². The molecule has 0 aromatic heterocycles. The number of ether oxygens (including phenoxy) is 1. The van der Waals surface area contributed by atoms with E-state index in [1.165, 1.54) is 23.0 Å². The summed E-state index contributed by atoms with van der Waals surface area (Å²) in [6.45, 7) is 5.47. The Kier molecular flexibility index (Phi) is 5.45. The zero-order valence-corrected chi connectivity index (χ0v) is 21.0. The molecule has 6 rings (SSSR count). The van der Waals surface area contributed by atoms with Crippen LogP contribution >= 0.6 is 0 Å². The molecule has 1 saturated carbocycles. The second-order valence-corrected chi connectivity index (χ2v) is 10.1. The standard InChI is InChI=1S/C32H27NO4/c1-18-4-8-21(9-5-18)27(22-10-6-19(2)7-11-22)28-25-16-17-26(28)30-29(25)31(35)33(32(30)36)23-12-14-24(15-13-23)37-20(3)34/h4-17,25-26,29-30H,1-3H3/t25-,26-,29+,30+/m0/s1. The first-order chi connectivity index (χ1) is 17.8. The lowest BCUT2D eigenvalue weighted by atomic mass is 9.85. The van der Waals surface area contributed by atoms with Crippen molar-refractivity contribution in [2.24, 2.45) is 23.7 Å². The summed E-state index contributed by atoms with van der Waals surface area (Å²) >= 11 is 0. The lowest BCUT2D eigenvalue weighted by Gasteiger charge is -2.22. The van der Waals surface area contributed by atoms with Crippen LogP contribution in [0, 0.1) is 37.5 Å². The maximum absolute atomic E-state index is 13.7. The molecule has 4 atom stereocenters. The van der Waals surface area contributed by atoms with Gasteiger partial charge in [0, 0.05) is 18.8 Å². The van der Waals surface area contributed by atoms with E-state index < -0.39 is 17.8 Å². The van der Waals surface area contributed by atoms with E-state index in [-0.39, 0.29) is 23.7 Å². The highest BCUT2D eigenvalue weighted by atomic mass is 16.5. The topological polar surface area (TPSA) is 63.7 Å². The minimum absolute atomic E-state index is 0.130. The highest BCUT2D eigenvalue weighted by Gasteiger charge is 2.62. The molecule has 1 heterocycles. The van der Waals surface area contributed by atoms with E-state index in [0.717, 1.165) is 22.3 Å². The zero-order chi connectivity index (χ0) is 25.8. The van der Waals surface area contributed by atoms with Gasteiger partial charge in [0.2, 0.25) is 11.8 Å². The number of hydrogen-bond donors (Lipinski definition) is 0. The van der Waals surface area contributed by atoms with Crippen LogP contribution in [0.4, 0.5) is 5.69 Å². The molecule has 0 spiro atoms. The lowest BCUT2D eigenvalue weighted by Crippen LogP contribution is -2.33. The fourth-order valence-electron chi connectivity index (χ4n) is 6.12. The number of anilines is 1. The van der Waals surface area contributed by atoms with Crippen LogP contribution < -0.4 is 9.64 Å². The Bertz CT molecular complexity index is 1400. The van der Waals surface area contributed by atoms with Crippen LogP contribution in [0.1, 0.15) is 29.2 Å². The number of rotatable bonds is 4. The number of fused-ring (bicyclic) bond motifs is 5. The Morgan fingerprint density at radius 2 is 1.16 bits per heavy atom. The van der Waals surface area contributed by atoms with Crippen molar-refractivity contribution in [2.45, 2.75) is 20.8 Å². The summed E-state index contributed by atoms with van der Waals surface area (Å²) < 4.78 is 5.10. The van der Waals surface area contributed by atoms with Crippen LogP contribution in [0.25, 0.3) is 5.57 Å². The van der Waals surface area contributed by atoms with Gasteiger partial charge in [-0.05, 0) is 60.4 Å². The summed E-state index contributed by atoms with van der Waals surface area (Å²) in [7, 11) is 0. The molecule has 5 nitrogen and oxygen atoms in total. The number of nitrogens with zero attached hydrogens (tertiary/aromatic N) is 1. The normalized spacial score (nSPS) is 23.5. The molecule has 3 aromatic carbocycles. The SMILES string of the molecule is CC(=O)Oc1ccc(N2C(=O)[C@H]3[C@H](C2=O)[C@H]2C=C[C@H]3C2=C(c2ccc(C)cc2)c2ccc(C)cc2)cc1. The summed E-state index contributed by atoms with van der Waals surface area (Å²) in [5.41, 5.74) is 7.34. The Morgan fingerprint density at radius 1 is 0.703 bits per heavy atom. The minimum Gasteiger partial charge on any atom is -0.427 e. The number of carbonyl (C=O) groups is 3. The van der Waals surface area contributed by atoms with Gasteiger partial charge in [-0.1, -0.05) is 71.8 Å². The quantitative estimate of drug-likeness (QED) is 0.206. The molecule has 2 bridgehead atoms. The van der Waals surface area contributed by atoms with Crippen LogP contribution in [0.15, 0.2) is 90.5 Å². The molecular weight excluding hydrogens is 462 g/mol. The molecular formula is C32H27NO4. The monoisotopic (exact) mass is 489 g/mol. The number of esters is 1. The maximum atomic E-state index is 13.7. The van der Waals surface area contributed by atoms with Gasteiger partial charge in [-0.15, -0.1) is 0 Å². The number of aryl methyl sites for hydroxylation is 2. The molecule has 0 radical (unpaired) electrons. The second kappa shape index (κ2) is 8.70. The van der Waals surface area contributed by atoms with Gasteiger partial charge in [-0.2, -0.15) is 0 Å². The summed E-state index contributed by atoms with van der Waals surface area (Å²) in [5.74, 6) is -1.48. The average Bonchev–Trinajstić information content (AvgIpc) is 3.51. The number of amides is 2. The predicted octanol–water partition coefficient (Wildman–Crippen LogP) is 5.65. The molecule has 0 N–H and O–H groups in total. The number of imide groups is 1. The Hall–Kier alpha value is -4.25. The highest BCUT2D eigenvalue weighted by molar-refractivity contribution is 6.23. The van der Waals surface area contributed by atoms with Gasteiger partial charge in [0.15, 0.2) is 0 Å². The van der Waals surface area contributed by atoms with Crippen molar-refractivity contribution in [1.82, 2.24) is 0 Å². The molecule has 5 heteroatoms. The Morgan fingerprint density at radius 3 is 1.59 bits per heavy atom. The van der Waals surface area contributed by atoms with Crippen molar-refractivity contribution in [3.63, 3.8) is 0 Å². The van der Waals surface area contributed by atoms with E-state index in [1.807, 2.05) is 0 Å². The van der Waals surface area contributed by atoms with Crippen molar-refractivity contribution in [2.75, 3.05) is 4.90 Å². The largest absolute Gasteiger partial charge is 0.427 e. The third kappa shape index (κ3) is 3.73. The Balaban J connectivity index is 1.41. The molecule has 2 aliphatic carbocycles. The predicted molar refractivity (Wildman–Crippen MR) is 142 cm³/mol. The summed E-state index contributed by atoms with van der Waals surface area (Å²) in [6.07, 6.45) is 4.23. The van der Waals surface area contributed by atoms with E-state index in [1.54, 1.807) is 24.3 Å². The first-order valence-corrected chi connectivity index (χ1v) is 12.6. The molecule has 2 fully saturated rings. The number of carbonyl (C=O) groups excluding carboxylic acids is 3. The third-order valence-corrected chi connectivity index (χ3v) is 7.74. The average molecular weight is 490 g/mol. The van der Waals surface area contributed by atoms with E-state index in [9.17, 15) is 14.4 Å². The van der Waals surface area contributed by atoms with Gasteiger partial charge in [0.25, 0.3) is 0 Å². The van der Waals surface area contributed by atoms with Gasteiger partial charge in [0.1, 0.15) is 5.75 Å². The van der Waals surface area contributed by atoms with E-state index in [0.29, 0.717) is 11.4 Å². The van der Waals surface area contributed by atoms with Crippen LogP contribution in [0.3, 0.4) is 0 Å². The van der Waals surface area contributed by atoms with Gasteiger partial charge in [0.05, 0.1) is 17.5 Å². The third-order valence-electron chi connectivity index (χ3n) is 7.74. The number of hydrogen-bond acceptors (Lipinski definition) is 4. The van der Waals surface area contributed by atoms with Crippen molar-refractivity contribution in [1.29, 1.82) is 0 Å². The van der Waals surface area contributed by atoms with E-state index in [4.69, 9.17) is 4.74 Å². The lowest BCUT2D eigenvalue weighted by molar-refractivity contribution is -0.132. The van der Waals surface area contributed by atoms with Gasteiger partial charge < -0.3 is 4.74 Å². The molecule has 3 aliphatic rings. The van der Waals surface area contributed by atoms with E-state index >= 15 is 0 Å². The van der Waals surface area contributed by atoms with Crippen molar-refractivity contribution in [3.8, 4) is 5.75 Å². The summed E-state index contributed by atoms with van der Waals surface area (Å²) in [6, 6.07) is 23.5. The van der Waals surface area contributed by atoms with Crippen molar-refractivity contribution >= 4 is 29.0 Å². The maximum Gasteiger partial charge on any atom is 0.308 e. The number of benzene rings is 3. The summed E-state index contributed by atoms with van der Waals surface area (Å²) in [5, 5.41) is 0. The number of allylic oxidation sites excluding steroid dienone is 3. The van der Waals surface area contributed by atoms with Crippen LogP contribution in [-0.2, 0) is 14.4 Å². The molecule has 1 saturated heterocycles. The molecule has 0 unspecified atom stereocenters. The molecule has 3 aromatic rings. The van der Waals surface area contributed by atoms with Gasteiger partial charge in [-0.3, -0.25) is 14.4 Å². The van der Waals surface area contributed by atoms with E-state index in [2.05, 4.69) is 74.5 Å². The zero-order valence-electron chi connectivity index (χ0n) is 21.0. The van der Waals surface area contributed by atoms with Gasteiger partial charge >= 0.3 is 5.97 Å². The minimum atomic E-state index is -0.421. The second-order valence-electron chi connectivity index (χ2n) is 10.1.